The fourth-order valence-corrected chi connectivity index (χ4v) is 2.63. The number of aromatic hydroxyl groups is 1. The van der Waals surface area contributed by atoms with E-state index in [0.29, 0.717) is 21.2 Å². The molecule has 1 N–H and O–H groups in total. The van der Waals surface area contributed by atoms with Crippen molar-refractivity contribution in [3.63, 3.8) is 0 Å². The van der Waals surface area contributed by atoms with Gasteiger partial charge >= 0.3 is 0 Å². The Morgan fingerprint density at radius 1 is 1.14 bits per heavy atom. The molecule has 0 aromatic heterocycles. The van der Waals surface area contributed by atoms with Crippen LogP contribution in [0, 0.1) is 25.2 Å². The molecular formula is C17H13Cl2NO. The Bertz CT molecular complexity index is 750. The molecule has 0 aliphatic heterocycles. The molecule has 21 heavy (non-hydrogen) atoms. The lowest BCUT2D eigenvalue weighted by molar-refractivity contribution is 0.467. The van der Waals surface area contributed by atoms with Gasteiger partial charge in [0.2, 0.25) is 0 Å². The zero-order chi connectivity index (χ0) is 15.6. The first-order valence-corrected chi connectivity index (χ1v) is 7.05. The standard InChI is InChI=1S/C17H13Cl2NO/c1-10-5-12(6-11(2)17(10)21)7-13(9-20)15-4-3-14(18)8-16(15)19/h3-8,21H,1-2H3. The number of hydrogen-bond acceptors (Lipinski definition) is 2. The van der Waals surface area contributed by atoms with Crippen LogP contribution in [0.3, 0.4) is 0 Å². The Kier molecular flexibility index (Phi) is 4.57. The van der Waals surface area contributed by atoms with E-state index in [1.807, 2.05) is 26.0 Å². The van der Waals surface area contributed by atoms with Crippen molar-refractivity contribution in [3.05, 3.63) is 62.6 Å². The minimum absolute atomic E-state index is 0.273. The average molecular weight is 318 g/mol. The van der Waals surface area contributed by atoms with Crippen LogP contribution in [0.5, 0.6) is 5.75 Å². The molecule has 0 spiro atoms. The van der Waals surface area contributed by atoms with Gasteiger partial charge in [-0.15, -0.1) is 0 Å². The van der Waals surface area contributed by atoms with Crippen molar-refractivity contribution in [1.29, 1.82) is 5.26 Å². The summed E-state index contributed by atoms with van der Waals surface area (Å²) in [6, 6.07) is 10.8. The fourth-order valence-electron chi connectivity index (χ4n) is 2.12. The average Bonchev–Trinajstić information content (AvgIpc) is 2.42. The smallest absolute Gasteiger partial charge is 0.121 e. The van der Waals surface area contributed by atoms with Crippen LogP contribution in [0.1, 0.15) is 22.3 Å². The predicted octanol–water partition coefficient (Wildman–Crippen LogP) is 5.38. The van der Waals surface area contributed by atoms with Crippen molar-refractivity contribution in [2.45, 2.75) is 13.8 Å². The molecule has 0 radical (unpaired) electrons. The summed E-state index contributed by atoms with van der Waals surface area (Å²) in [6.45, 7) is 3.64. The van der Waals surface area contributed by atoms with Gasteiger partial charge in [-0.3, -0.25) is 0 Å². The summed E-state index contributed by atoms with van der Waals surface area (Å²) in [4.78, 5) is 0. The van der Waals surface area contributed by atoms with Crippen LogP contribution >= 0.6 is 23.2 Å². The quantitative estimate of drug-likeness (QED) is 0.597. The third-order valence-electron chi connectivity index (χ3n) is 3.17. The lowest BCUT2D eigenvalue weighted by Crippen LogP contribution is -1.87. The summed E-state index contributed by atoms with van der Waals surface area (Å²) < 4.78 is 0. The highest BCUT2D eigenvalue weighted by molar-refractivity contribution is 6.36. The highest BCUT2D eigenvalue weighted by Crippen LogP contribution is 2.30. The van der Waals surface area contributed by atoms with E-state index >= 15 is 0 Å². The van der Waals surface area contributed by atoms with Gasteiger partial charge in [-0.2, -0.15) is 5.26 Å². The Morgan fingerprint density at radius 3 is 2.29 bits per heavy atom. The first kappa shape index (κ1) is 15.4. The van der Waals surface area contributed by atoms with Gasteiger partial charge < -0.3 is 5.11 Å². The van der Waals surface area contributed by atoms with Crippen LogP contribution in [-0.4, -0.2) is 5.11 Å². The zero-order valence-electron chi connectivity index (χ0n) is 11.6. The van der Waals surface area contributed by atoms with E-state index in [1.165, 1.54) is 0 Å². The Morgan fingerprint density at radius 2 is 1.76 bits per heavy atom. The molecule has 2 aromatic carbocycles. The molecule has 0 aliphatic carbocycles. The maximum absolute atomic E-state index is 9.79. The number of rotatable bonds is 2. The van der Waals surface area contributed by atoms with Gasteiger partial charge in [0, 0.05) is 10.6 Å². The SMILES string of the molecule is Cc1cc(C=C(C#N)c2ccc(Cl)cc2Cl)cc(C)c1O. The first-order chi connectivity index (χ1) is 9.92. The Hall–Kier alpha value is -1.95. The molecule has 2 rings (SSSR count). The Balaban J connectivity index is 2.54. The second-order valence-electron chi connectivity index (χ2n) is 4.80. The highest BCUT2D eigenvalue weighted by Gasteiger charge is 2.08. The molecular weight excluding hydrogens is 305 g/mol. The topological polar surface area (TPSA) is 44.0 Å². The van der Waals surface area contributed by atoms with Gasteiger partial charge in [0.05, 0.1) is 16.7 Å². The number of aryl methyl sites for hydroxylation is 2. The summed E-state index contributed by atoms with van der Waals surface area (Å²) >= 11 is 12.0. The molecule has 0 aliphatic rings. The summed E-state index contributed by atoms with van der Waals surface area (Å²) in [5.41, 5.74) is 3.44. The van der Waals surface area contributed by atoms with Crippen molar-refractivity contribution < 1.29 is 5.11 Å². The van der Waals surface area contributed by atoms with Crippen LogP contribution in [0.2, 0.25) is 10.0 Å². The molecule has 0 unspecified atom stereocenters. The van der Waals surface area contributed by atoms with Gasteiger partial charge in [0.25, 0.3) is 0 Å². The number of nitrogens with zero attached hydrogens (tertiary/aromatic N) is 1. The number of allylic oxidation sites excluding steroid dienone is 1. The van der Waals surface area contributed by atoms with E-state index in [1.54, 1.807) is 24.3 Å². The van der Waals surface area contributed by atoms with E-state index in [-0.39, 0.29) is 5.75 Å². The number of hydrogen-bond donors (Lipinski definition) is 1. The molecule has 2 nitrogen and oxygen atoms in total. The highest BCUT2D eigenvalue weighted by atomic mass is 35.5. The summed E-state index contributed by atoms with van der Waals surface area (Å²) in [5.74, 6) is 0.273. The lowest BCUT2D eigenvalue weighted by atomic mass is 10.0. The largest absolute Gasteiger partial charge is 0.507 e. The van der Waals surface area contributed by atoms with Gasteiger partial charge in [-0.1, -0.05) is 29.3 Å². The molecule has 2 aromatic rings. The number of halogens is 2. The van der Waals surface area contributed by atoms with Gasteiger partial charge in [-0.25, -0.2) is 0 Å². The monoisotopic (exact) mass is 317 g/mol. The zero-order valence-corrected chi connectivity index (χ0v) is 13.1. The van der Waals surface area contributed by atoms with E-state index < -0.39 is 0 Å². The minimum atomic E-state index is 0.273. The maximum Gasteiger partial charge on any atom is 0.121 e. The molecule has 0 fully saturated rings. The molecule has 0 saturated carbocycles. The third kappa shape index (κ3) is 3.39. The van der Waals surface area contributed by atoms with Crippen molar-refractivity contribution >= 4 is 34.9 Å². The summed E-state index contributed by atoms with van der Waals surface area (Å²) in [6.07, 6.45) is 1.74. The van der Waals surface area contributed by atoms with E-state index in [0.717, 1.165) is 16.7 Å². The van der Waals surface area contributed by atoms with E-state index in [4.69, 9.17) is 23.2 Å². The van der Waals surface area contributed by atoms with Crippen LogP contribution in [0.15, 0.2) is 30.3 Å². The van der Waals surface area contributed by atoms with Crippen LogP contribution in [0.4, 0.5) is 0 Å². The molecule has 0 saturated heterocycles. The molecule has 106 valence electrons. The molecule has 0 amide bonds. The number of phenolic OH excluding ortho intramolecular Hbond substituents is 1. The second kappa shape index (κ2) is 6.22. The predicted molar refractivity (Wildman–Crippen MR) is 87.5 cm³/mol. The minimum Gasteiger partial charge on any atom is -0.507 e. The lowest BCUT2D eigenvalue weighted by Gasteiger charge is -2.07. The van der Waals surface area contributed by atoms with Crippen molar-refractivity contribution in [2.75, 3.05) is 0 Å². The van der Waals surface area contributed by atoms with Gasteiger partial charge in [-0.05, 0) is 60.9 Å². The van der Waals surface area contributed by atoms with Crippen molar-refractivity contribution in [3.8, 4) is 11.8 Å². The third-order valence-corrected chi connectivity index (χ3v) is 3.71. The molecule has 4 heteroatoms. The maximum atomic E-state index is 9.79. The molecule has 0 atom stereocenters. The number of nitriles is 1. The molecule has 0 heterocycles. The van der Waals surface area contributed by atoms with Crippen molar-refractivity contribution in [2.24, 2.45) is 0 Å². The first-order valence-electron chi connectivity index (χ1n) is 6.30. The summed E-state index contributed by atoms with van der Waals surface area (Å²) in [7, 11) is 0. The van der Waals surface area contributed by atoms with Crippen LogP contribution < -0.4 is 0 Å². The van der Waals surface area contributed by atoms with Crippen LogP contribution in [-0.2, 0) is 0 Å². The van der Waals surface area contributed by atoms with Crippen LogP contribution in [0.25, 0.3) is 11.6 Å². The van der Waals surface area contributed by atoms with E-state index in [9.17, 15) is 10.4 Å². The second-order valence-corrected chi connectivity index (χ2v) is 5.64. The fraction of sp³-hybridized carbons (Fsp3) is 0.118. The number of phenols is 1. The van der Waals surface area contributed by atoms with Crippen molar-refractivity contribution in [1.82, 2.24) is 0 Å². The van der Waals surface area contributed by atoms with Gasteiger partial charge in [0.1, 0.15) is 5.75 Å². The normalized spacial score (nSPS) is 11.3. The van der Waals surface area contributed by atoms with Gasteiger partial charge in [0.15, 0.2) is 0 Å². The molecule has 0 bridgehead atoms. The van der Waals surface area contributed by atoms with E-state index in [2.05, 4.69) is 6.07 Å². The Labute approximate surface area is 133 Å². The summed E-state index contributed by atoms with van der Waals surface area (Å²) in [5, 5.41) is 20.1. The number of benzene rings is 2.